The standard InChI is InChI=1S/C21H24N4O4S/c22-30(28,29)16-7-4-14(5-8-16)10-11-23-20(26)15-6-9-18-17(13-15)24-21(27)19-3-1-2-12-25(18)19/h4-9,13,19H,1-3,10-12H2,(H,23,26)(H,24,27)(H2,22,28,29)/t19-/m0/s1. The molecule has 1 saturated heterocycles. The number of piperidine rings is 1. The number of carbonyl (C=O) groups excluding carboxylic acids is 2. The molecule has 0 saturated carbocycles. The summed E-state index contributed by atoms with van der Waals surface area (Å²) < 4.78 is 22.6. The number of rotatable bonds is 5. The highest BCUT2D eigenvalue weighted by Crippen LogP contribution is 2.36. The van der Waals surface area contributed by atoms with Crippen LogP contribution in [0, 0.1) is 0 Å². The minimum absolute atomic E-state index is 0.0114. The summed E-state index contributed by atoms with van der Waals surface area (Å²) in [5.74, 6) is -0.239. The van der Waals surface area contributed by atoms with E-state index >= 15 is 0 Å². The highest BCUT2D eigenvalue weighted by Gasteiger charge is 2.34. The Kier molecular flexibility index (Phi) is 5.48. The van der Waals surface area contributed by atoms with Crippen LogP contribution in [0.2, 0.25) is 0 Å². The van der Waals surface area contributed by atoms with Crippen LogP contribution in [0.15, 0.2) is 47.4 Å². The first kappa shape index (κ1) is 20.4. The predicted octanol–water partition coefficient (Wildman–Crippen LogP) is 1.62. The Morgan fingerprint density at radius 3 is 2.67 bits per heavy atom. The molecule has 1 fully saturated rings. The Morgan fingerprint density at radius 2 is 1.93 bits per heavy atom. The molecule has 0 aliphatic carbocycles. The van der Waals surface area contributed by atoms with Gasteiger partial charge in [-0.1, -0.05) is 12.1 Å². The average molecular weight is 429 g/mol. The van der Waals surface area contributed by atoms with Gasteiger partial charge in [-0.3, -0.25) is 9.59 Å². The van der Waals surface area contributed by atoms with Crippen molar-refractivity contribution >= 4 is 33.2 Å². The minimum Gasteiger partial charge on any atom is -0.358 e. The zero-order valence-electron chi connectivity index (χ0n) is 16.4. The average Bonchev–Trinajstić information content (AvgIpc) is 2.73. The molecule has 0 aromatic heterocycles. The van der Waals surface area contributed by atoms with Crippen LogP contribution in [-0.4, -0.2) is 39.4 Å². The summed E-state index contributed by atoms with van der Waals surface area (Å²) in [4.78, 5) is 27.1. The number of anilines is 2. The number of carbonyl (C=O) groups is 2. The molecule has 0 unspecified atom stereocenters. The lowest BCUT2D eigenvalue weighted by atomic mass is 9.97. The number of nitrogens with one attached hydrogen (secondary N) is 2. The van der Waals surface area contributed by atoms with Gasteiger partial charge in [-0.2, -0.15) is 0 Å². The monoisotopic (exact) mass is 428 g/mol. The first-order valence-electron chi connectivity index (χ1n) is 9.94. The molecule has 9 heteroatoms. The fourth-order valence-corrected chi connectivity index (χ4v) is 4.52. The Labute approximate surface area is 175 Å². The van der Waals surface area contributed by atoms with E-state index in [-0.39, 0.29) is 22.8 Å². The Morgan fingerprint density at radius 1 is 1.17 bits per heavy atom. The van der Waals surface area contributed by atoms with Crippen LogP contribution >= 0.6 is 0 Å². The summed E-state index contributed by atoms with van der Waals surface area (Å²) in [6.07, 6.45) is 3.51. The van der Waals surface area contributed by atoms with Crippen molar-refractivity contribution in [1.29, 1.82) is 0 Å². The van der Waals surface area contributed by atoms with E-state index in [0.717, 1.165) is 37.1 Å². The molecule has 2 aromatic carbocycles. The van der Waals surface area contributed by atoms with E-state index in [0.29, 0.717) is 24.2 Å². The number of benzene rings is 2. The SMILES string of the molecule is NS(=O)(=O)c1ccc(CCNC(=O)c2ccc3c(c2)NC(=O)[C@@H]2CCCCN32)cc1. The molecule has 2 amide bonds. The molecule has 4 N–H and O–H groups in total. The number of hydrogen-bond acceptors (Lipinski definition) is 5. The maximum Gasteiger partial charge on any atom is 0.251 e. The Hall–Kier alpha value is -2.91. The number of nitrogens with zero attached hydrogens (tertiary/aromatic N) is 1. The van der Waals surface area contributed by atoms with Gasteiger partial charge in [0.15, 0.2) is 0 Å². The van der Waals surface area contributed by atoms with Gasteiger partial charge in [-0.05, 0) is 61.6 Å². The number of fused-ring (bicyclic) bond motifs is 3. The van der Waals surface area contributed by atoms with E-state index in [1.165, 1.54) is 12.1 Å². The molecule has 4 rings (SSSR count). The zero-order valence-corrected chi connectivity index (χ0v) is 17.2. The molecule has 2 aromatic rings. The number of sulfonamides is 1. The molecular formula is C21H24N4O4S. The van der Waals surface area contributed by atoms with Crippen LogP contribution in [0.3, 0.4) is 0 Å². The molecule has 158 valence electrons. The quantitative estimate of drug-likeness (QED) is 0.668. The largest absolute Gasteiger partial charge is 0.358 e. The molecule has 0 bridgehead atoms. The van der Waals surface area contributed by atoms with Gasteiger partial charge in [0.2, 0.25) is 15.9 Å². The van der Waals surface area contributed by atoms with Crippen LogP contribution in [-0.2, 0) is 21.2 Å². The van der Waals surface area contributed by atoms with Crippen LogP contribution in [0.4, 0.5) is 11.4 Å². The van der Waals surface area contributed by atoms with Gasteiger partial charge in [0, 0.05) is 18.7 Å². The third kappa shape index (κ3) is 4.17. The van der Waals surface area contributed by atoms with Crippen molar-refractivity contribution in [3.8, 4) is 0 Å². The molecule has 0 spiro atoms. The molecule has 30 heavy (non-hydrogen) atoms. The molecule has 2 aliphatic heterocycles. The Balaban J connectivity index is 1.39. The highest BCUT2D eigenvalue weighted by atomic mass is 32.2. The smallest absolute Gasteiger partial charge is 0.251 e. The van der Waals surface area contributed by atoms with Crippen molar-refractivity contribution in [2.75, 3.05) is 23.3 Å². The summed E-state index contributed by atoms with van der Waals surface area (Å²) >= 11 is 0. The minimum atomic E-state index is -3.71. The maximum absolute atomic E-state index is 12.5. The van der Waals surface area contributed by atoms with Crippen molar-refractivity contribution in [1.82, 2.24) is 5.32 Å². The lowest BCUT2D eigenvalue weighted by Crippen LogP contribution is -2.50. The number of nitrogens with two attached hydrogens (primary N) is 1. The summed E-state index contributed by atoms with van der Waals surface area (Å²) in [6.45, 7) is 1.24. The summed E-state index contributed by atoms with van der Waals surface area (Å²) in [5.41, 5.74) is 3.00. The second kappa shape index (κ2) is 8.08. The van der Waals surface area contributed by atoms with E-state index in [2.05, 4.69) is 15.5 Å². The molecule has 8 nitrogen and oxygen atoms in total. The normalized spacial score (nSPS) is 18.2. The second-order valence-electron chi connectivity index (χ2n) is 7.62. The summed E-state index contributed by atoms with van der Waals surface area (Å²) in [5, 5.41) is 10.9. The van der Waals surface area contributed by atoms with Gasteiger partial charge in [-0.25, -0.2) is 13.6 Å². The second-order valence-corrected chi connectivity index (χ2v) is 9.18. The highest BCUT2D eigenvalue weighted by molar-refractivity contribution is 7.89. The van der Waals surface area contributed by atoms with Gasteiger partial charge in [-0.15, -0.1) is 0 Å². The van der Waals surface area contributed by atoms with E-state index in [1.807, 2.05) is 6.07 Å². The van der Waals surface area contributed by atoms with Crippen molar-refractivity contribution in [2.45, 2.75) is 36.6 Å². The van der Waals surface area contributed by atoms with Crippen LogP contribution < -0.4 is 20.7 Å². The van der Waals surface area contributed by atoms with E-state index in [9.17, 15) is 18.0 Å². The molecule has 0 radical (unpaired) electrons. The molecule has 1 atom stereocenters. The van der Waals surface area contributed by atoms with Crippen molar-refractivity contribution < 1.29 is 18.0 Å². The first-order chi connectivity index (χ1) is 14.3. The maximum atomic E-state index is 12.5. The molecule has 2 aliphatic rings. The van der Waals surface area contributed by atoms with Crippen molar-refractivity contribution in [2.24, 2.45) is 5.14 Å². The van der Waals surface area contributed by atoms with E-state index in [1.54, 1.807) is 24.3 Å². The first-order valence-corrected chi connectivity index (χ1v) is 11.5. The number of hydrogen-bond donors (Lipinski definition) is 3. The van der Waals surface area contributed by atoms with Gasteiger partial charge < -0.3 is 15.5 Å². The third-order valence-corrected chi connectivity index (χ3v) is 6.51. The van der Waals surface area contributed by atoms with Crippen molar-refractivity contribution in [3.63, 3.8) is 0 Å². The topological polar surface area (TPSA) is 122 Å². The van der Waals surface area contributed by atoms with E-state index in [4.69, 9.17) is 5.14 Å². The zero-order chi connectivity index (χ0) is 21.3. The van der Waals surface area contributed by atoms with Gasteiger partial charge in [0.1, 0.15) is 6.04 Å². The fourth-order valence-electron chi connectivity index (χ4n) is 4.00. The number of primary sulfonamides is 1. The number of amides is 2. The predicted molar refractivity (Wildman–Crippen MR) is 114 cm³/mol. The third-order valence-electron chi connectivity index (χ3n) is 5.58. The Bertz CT molecular complexity index is 1080. The summed E-state index contributed by atoms with van der Waals surface area (Å²) in [7, 11) is -3.71. The van der Waals surface area contributed by atoms with Crippen LogP contribution in [0.25, 0.3) is 0 Å². The molecular weight excluding hydrogens is 404 g/mol. The van der Waals surface area contributed by atoms with Crippen LogP contribution in [0.5, 0.6) is 0 Å². The van der Waals surface area contributed by atoms with Gasteiger partial charge >= 0.3 is 0 Å². The van der Waals surface area contributed by atoms with Gasteiger partial charge in [0.25, 0.3) is 5.91 Å². The van der Waals surface area contributed by atoms with Crippen molar-refractivity contribution in [3.05, 3.63) is 53.6 Å². The summed E-state index contributed by atoms with van der Waals surface area (Å²) in [6, 6.07) is 11.5. The fraction of sp³-hybridized carbons (Fsp3) is 0.333. The molecule has 2 heterocycles. The lowest BCUT2D eigenvalue weighted by molar-refractivity contribution is -0.118. The lowest BCUT2D eigenvalue weighted by Gasteiger charge is -2.41. The van der Waals surface area contributed by atoms with Crippen LogP contribution in [0.1, 0.15) is 35.2 Å². The van der Waals surface area contributed by atoms with E-state index < -0.39 is 10.0 Å². The van der Waals surface area contributed by atoms with Gasteiger partial charge in [0.05, 0.1) is 16.3 Å².